The fourth-order valence-electron chi connectivity index (χ4n) is 4.07. The maximum absolute atomic E-state index is 4.54. The molecule has 3 unspecified atom stereocenters. The van der Waals surface area contributed by atoms with Gasteiger partial charge in [0.2, 0.25) is 0 Å². The van der Waals surface area contributed by atoms with Crippen molar-refractivity contribution in [2.24, 2.45) is 13.0 Å². The molecule has 20 heavy (non-hydrogen) atoms. The third-order valence-electron chi connectivity index (χ3n) is 5.27. The van der Waals surface area contributed by atoms with Crippen molar-refractivity contribution in [2.45, 2.75) is 64.5 Å². The van der Waals surface area contributed by atoms with Crippen LogP contribution in [0.3, 0.4) is 0 Å². The Bertz CT molecular complexity index is 459. The van der Waals surface area contributed by atoms with E-state index in [9.17, 15) is 0 Å². The van der Waals surface area contributed by atoms with Gasteiger partial charge in [0.05, 0.1) is 17.1 Å². The number of nitrogens with one attached hydrogen (secondary N) is 2. The van der Waals surface area contributed by atoms with E-state index < -0.39 is 0 Å². The highest BCUT2D eigenvalue weighted by Gasteiger charge is 2.33. The van der Waals surface area contributed by atoms with Gasteiger partial charge in [-0.2, -0.15) is 5.10 Å². The lowest BCUT2D eigenvalue weighted by Gasteiger charge is -2.36. The second-order valence-electron chi connectivity index (χ2n) is 6.57. The lowest BCUT2D eigenvalue weighted by molar-refractivity contribution is 0.262. The molecule has 0 amide bonds. The van der Waals surface area contributed by atoms with Gasteiger partial charge in [-0.25, -0.2) is 0 Å². The predicted octanol–water partition coefficient (Wildman–Crippen LogP) is 2.76. The lowest BCUT2D eigenvalue weighted by Crippen LogP contribution is -2.43. The number of nitrogens with zero attached hydrogens (tertiary/aromatic N) is 2. The van der Waals surface area contributed by atoms with Crippen molar-refractivity contribution < 1.29 is 0 Å². The second kappa shape index (κ2) is 5.76. The van der Waals surface area contributed by atoms with Crippen molar-refractivity contribution >= 4 is 5.69 Å². The highest BCUT2D eigenvalue weighted by molar-refractivity contribution is 5.52. The van der Waals surface area contributed by atoms with E-state index in [0.29, 0.717) is 6.04 Å². The van der Waals surface area contributed by atoms with Gasteiger partial charge in [-0.15, -0.1) is 0 Å². The molecule has 2 aliphatic rings. The van der Waals surface area contributed by atoms with Gasteiger partial charge < -0.3 is 10.6 Å². The summed E-state index contributed by atoms with van der Waals surface area (Å²) < 4.78 is 1.99. The Balaban J connectivity index is 1.76. The van der Waals surface area contributed by atoms with E-state index in [-0.39, 0.29) is 0 Å². The van der Waals surface area contributed by atoms with E-state index >= 15 is 0 Å². The molecule has 4 nitrogen and oxygen atoms in total. The predicted molar refractivity (Wildman–Crippen MR) is 83.1 cm³/mol. The van der Waals surface area contributed by atoms with Gasteiger partial charge >= 0.3 is 0 Å². The third kappa shape index (κ3) is 2.58. The third-order valence-corrected chi connectivity index (χ3v) is 5.27. The first kappa shape index (κ1) is 13.9. The Kier molecular flexibility index (Phi) is 4.01. The molecule has 0 spiro atoms. The van der Waals surface area contributed by atoms with Crippen molar-refractivity contribution in [1.29, 1.82) is 0 Å². The number of hydrogen-bond donors (Lipinski definition) is 2. The van der Waals surface area contributed by atoms with E-state index in [1.54, 1.807) is 0 Å². The van der Waals surface area contributed by atoms with Crippen LogP contribution in [0.1, 0.15) is 49.9 Å². The SMILES string of the molecule is Cc1nn(C)c(C)c1NC1CCCCC1C1CCCN1. The Morgan fingerprint density at radius 2 is 1.95 bits per heavy atom. The molecular weight excluding hydrogens is 248 g/mol. The van der Waals surface area contributed by atoms with Gasteiger partial charge in [0.25, 0.3) is 0 Å². The molecule has 0 bridgehead atoms. The van der Waals surface area contributed by atoms with E-state index in [1.807, 2.05) is 11.7 Å². The van der Waals surface area contributed by atoms with Crippen LogP contribution in [0.25, 0.3) is 0 Å². The molecule has 1 aromatic rings. The average molecular weight is 276 g/mol. The summed E-state index contributed by atoms with van der Waals surface area (Å²) in [5, 5.41) is 12.1. The molecule has 0 aromatic carbocycles. The summed E-state index contributed by atoms with van der Waals surface area (Å²) in [5.74, 6) is 0.783. The summed E-state index contributed by atoms with van der Waals surface area (Å²) in [7, 11) is 2.03. The Hall–Kier alpha value is -1.03. The molecule has 3 atom stereocenters. The molecular formula is C16H28N4. The maximum Gasteiger partial charge on any atom is 0.0827 e. The van der Waals surface area contributed by atoms with Crippen LogP contribution in [0.5, 0.6) is 0 Å². The van der Waals surface area contributed by atoms with Crippen LogP contribution in [0.2, 0.25) is 0 Å². The topological polar surface area (TPSA) is 41.9 Å². The fourth-order valence-corrected chi connectivity index (χ4v) is 4.07. The highest BCUT2D eigenvalue weighted by Crippen LogP contribution is 2.33. The minimum atomic E-state index is 0.612. The van der Waals surface area contributed by atoms with Crippen LogP contribution in [0.4, 0.5) is 5.69 Å². The largest absolute Gasteiger partial charge is 0.379 e. The summed E-state index contributed by atoms with van der Waals surface area (Å²) in [5.41, 5.74) is 3.65. The van der Waals surface area contributed by atoms with Crippen LogP contribution < -0.4 is 10.6 Å². The maximum atomic E-state index is 4.54. The van der Waals surface area contributed by atoms with E-state index in [2.05, 4.69) is 29.6 Å². The second-order valence-corrected chi connectivity index (χ2v) is 6.57. The molecule has 1 aromatic heterocycles. The zero-order valence-electron chi connectivity index (χ0n) is 13.1. The van der Waals surface area contributed by atoms with Crippen molar-refractivity contribution in [3.63, 3.8) is 0 Å². The average Bonchev–Trinajstić information content (AvgIpc) is 3.04. The minimum Gasteiger partial charge on any atom is -0.379 e. The smallest absolute Gasteiger partial charge is 0.0827 e. The Morgan fingerprint density at radius 1 is 1.15 bits per heavy atom. The Morgan fingerprint density at radius 3 is 2.60 bits per heavy atom. The van der Waals surface area contributed by atoms with Crippen molar-refractivity contribution in [2.75, 3.05) is 11.9 Å². The molecule has 2 fully saturated rings. The highest BCUT2D eigenvalue weighted by atomic mass is 15.3. The molecule has 112 valence electrons. The standard InChI is InChI=1S/C16H28N4/c1-11-16(12(2)20(3)19-11)18-15-8-5-4-7-13(15)14-9-6-10-17-14/h13-15,17-18H,4-10H2,1-3H3. The number of aryl methyl sites for hydroxylation is 2. The zero-order valence-corrected chi connectivity index (χ0v) is 13.1. The van der Waals surface area contributed by atoms with Gasteiger partial charge in [0, 0.05) is 19.1 Å². The molecule has 4 heteroatoms. The van der Waals surface area contributed by atoms with E-state index in [0.717, 1.165) is 17.7 Å². The van der Waals surface area contributed by atoms with Gasteiger partial charge in [0.15, 0.2) is 0 Å². The number of aromatic nitrogens is 2. The normalized spacial score (nSPS) is 30.6. The first-order valence-corrected chi connectivity index (χ1v) is 8.17. The summed E-state index contributed by atoms with van der Waals surface area (Å²) >= 11 is 0. The number of anilines is 1. The van der Waals surface area contributed by atoms with Crippen LogP contribution in [0.15, 0.2) is 0 Å². The molecule has 1 saturated carbocycles. The lowest BCUT2D eigenvalue weighted by atomic mass is 9.79. The first-order valence-electron chi connectivity index (χ1n) is 8.17. The van der Waals surface area contributed by atoms with Crippen LogP contribution in [-0.4, -0.2) is 28.4 Å². The van der Waals surface area contributed by atoms with Crippen molar-refractivity contribution in [1.82, 2.24) is 15.1 Å². The molecule has 3 rings (SSSR count). The van der Waals surface area contributed by atoms with Crippen LogP contribution in [-0.2, 0) is 7.05 Å². The number of hydrogen-bond acceptors (Lipinski definition) is 3. The van der Waals surface area contributed by atoms with Crippen LogP contribution >= 0.6 is 0 Å². The monoisotopic (exact) mass is 276 g/mol. The minimum absolute atomic E-state index is 0.612. The van der Waals surface area contributed by atoms with Gasteiger partial charge in [-0.05, 0) is 52.0 Å². The van der Waals surface area contributed by atoms with E-state index in [4.69, 9.17) is 0 Å². The first-order chi connectivity index (χ1) is 9.66. The summed E-state index contributed by atoms with van der Waals surface area (Å²) in [4.78, 5) is 0. The summed E-state index contributed by atoms with van der Waals surface area (Å²) in [6.45, 7) is 5.48. The molecule has 0 radical (unpaired) electrons. The van der Waals surface area contributed by atoms with E-state index in [1.165, 1.54) is 56.5 Å². The number of rotatable bonds is 3. The molecule has 1 aliphatic carbocycles. The van der Waals surface area contributed by atoms with Crippen LogP contribution in [0, 0.1) is 19.8 Å². The molecule has 1 saturated heterocycles. The molecule has 2 N–H and O–H groups in total. The summed E-state index contributed by atoms with van der Waals surface area (Å²) in [6.07, 6.45) is 8.13. The van der Waals surface area contributed by atoms with Crippen molar-refractivity contribution in [3.05, 3.63) is 11.4 Å². The van der Waals surface area contributed by atoms with Crippen molar-refractivity contribution in [3.8, 4) is 0 Å². The summed E-state index contributed by atoms with van der Waals surface area (Å²) in [6, 6.07) is 1.34. The van der Waals surface area contributed by atoms with Gasteiger partial charge in [-0.1, -0.05) is 12.8 Å². The molecule has 2 heterocycles. The Labute approximate surface area is 122 Å². The molecule has 1 aliphatic heterocycles. The van der Waals surface area contributed by atoms with Gasteiger partial charge in [-0.3, -0.25) is 4.68 Å². The zero-order chi connectivity index (χ0) is 14.1. The fraction of sp³-hybridized carbons (Fsp3) is 0.812. The quantitative estimate of drug-likeness (QED) is 0.892. The van der Waals surface area contributed by atoms with Gasteiger partial charge in [0.1, 0.15) is 0 Å².